The summed E-state index contributed by atoms with van der Waals surface area (Å²) in [6.07, 6.45) is 1.87. The quantitative estimate of drug-likeness (QED) is 0.409. The lowest BCUT2D eigenvalue weighted by Gasteiger charge is -2.13. The number of anilines is 1. The van der Waals surface area contributed by atoms with E-state index < -0.39 is 0 Å². The van der Waals surface area contributed by atoms with Gasteiger partial charge < -0.3 is 17.0 Å². The lowest BCUT2D eigenvalue weighted by Crippen LogP contribution is -3.00. The molecule has 0 aliphatic carbocycles. The van der Waals surface area contributed by atoms with Crippen molar-refractivity contribution in [1.82, 2.24) is 0 Å². The van der Waals surface area contributed by atoms with Crippen molar-refractivity contribution in [1.29, 1.82) is 0 Å². The standard InChI is InChI=1S/C22H20N3OS2.BrH/c1-3-13-24-19(17-7-5-4-6-8-17)14-27-21(24)23-22-25(20(26)15-28-22)18-11-9-16(2)10-12-18;/h3-12,14H,1,13,15H2,2H3;1H/q+1;/p-1. The smallest absolute Gasteiger partial charge is 0.385 e. The molecule has 7 heteroatoms. The predicted octanol–water partition coefficient (Wildman–Crippen LogP) is 1.97. The number of carbonyl (C=O) groups is 1. The number of amides is 1. The van der Waals surface area contributed by atoms with Crippen molar-refractivity contribution in [2.24, 2.45) is 4.99 Å². The van der Waals surface area contributed by atoms with Crippen molar-refractivity contribution in [3.63, 3.8) is 0 Å². The van der Waals surface area contributed by atoms with Gasteiger partial charge in [0, 0.05) is 10.9 Å². The zero-order valence-electron chi connectivity index (χ0n) is 15.9. The number of carbonyl (C=O) groups excluding carboxylic acids is 1. The van der Waals surface area contributed by atoms with Crippen LogP contribution in [0.4, 0.5) is 10.8 Å². The second-order valence-electron chi connectivity index (χ2n) is 6.42. The normalized spacial score (nSPS) is 14.9. The molecule has 0 saturated carbocycles. The largest absolute Gasteiger partial charge is 1.00 e. The van der Waals surface area contributed by atoms with Gasteiger partial charge in [-0.25, -0.2) is 9.47 Å². The summed E-state index contributed by atoms with van der Waals surface area (Å²) in [5.41, 5.74) is 4.25. The van der Waals surface area contributed by atoms with Gasteiger partial charge in [-0.2, -0.15) is 0 Å². The molecule has 4 nitrogen and oxygen atoms in total. The van der Waals surface area contributed by atoms with E-state index in [2.05, 4.69) is 28.7 Å². The molecule has 2 aromatic carbocycles. The Labute approximate surface area is 189 Å². The van der Waals surface area contributed by atoms with Gasteiger partial charge in [-0.05, 0) is 35.8 Å². The first kappa shape index (κ1) is 21.5. The van der Waals surface area contributed by atoms with Crippen LogP contribution in [-0.2, 0) is 11.3 Å². The molecule has 148 valence electrons. The third-order valence-electron chi connectivity index (χ3n) is 4.43. The minimum atomic E-state index is 0. The van der Waals surface area contributed by atoms with Gasteiger partial charge >= 0.3 is 5.13 Å². The first-order valence-corrected chi connectivity index (χ1v) is 10.8. The summed E-state index contributed by atoms with van der Waals surface area (Å²) in [5.74, 6) is 0.466. The summed E-state index contributed by atoms with van der Waals surface area (Å²) in [6.45, 7) is 6.58. The summed E-state index contributed by atoms with van der Waals surface area (Å²) < 4.78 is 2.14. The van der Waals surface area contributed by atoms with Gasteiger partial charge in [0.1, 0.15) is 12.2 Å². The fourth-order valence-electron chi connectivity index (χ4n) is 3.04. The monoisotopic (exact) mass is 485 g/mol. The van der Waals surface area contributed by atoms with Gasteiger partial charge in [0.05, 0.1) is 11.4 Å². The van der Waals surface area contributed by atoms with Crippen LogP contribution in [0, 0.1) is 6.92 Å². The first-order valence-electron chi connectivity index (χ1n) is 8.96. The number of halogens is 1. The molecule has 3 aromatic rings. The van der Waals surface area contributed by atoms with Crippen LogP contribution in [0.3, 0.4) is 0 Å². The topological polar surface area (TPSA) is 36.6 Å². The van der Waals surface area contributed by atoms with Gasteiger partial charge in [0.2, 0.25) is 5.91 Å². The molecule has 0 N–H and O–H groups in total. The molecule has 0 bridgehead atoms. The highest BCUT2D eigenvalue weighted by Crippen LogP contribution is 2.31. The highest BCUT2D eigenvalue weighted by molar-refractivity contribution is 8.15. The fourth-order valence-corrected chi connectivity index (χ4v) is 4.88. The minimum Gasteiger partial charge on any atom is -1.00 e. The van der Waals surface area contributed by atoms with E-state index >= 15 is 0 Å². The summed E-state index contributed by atoms with van der Waals surface area (Å²) in [6, 6.07) is 18.2. The van der Waals surface area contributed by atoms with Gasteiger partial charge in [0.25, 0.3) is 5.17 Å². The van der Waals surface area contributed by atoms with E-state index in [0.29, 0.717) is 17.5 Å². The molecule has 1 amide bonds. The number of aryl methyl sites for hydroxylation is 1. The number of aliphatic imine (C=N–C) groups is 1. The van der Waals surface area contributed by atoms with Crippen LogP contribution in [0.25, 0.3) is 11.3 Å². The molecule has 1 aliphatic rings. The minimum absolute atomic E-state index is 0. The summed E-state index contributed by atoms with van der Waals surface area (Å²) >= 11 is 3.05. The van der Waals surface area contributed by atoms with E-state index in [1.807, 2.05) is 55.5 Å². The van der Waals surface area contributed by atoms with Gasteiger partial charge in [-0.15, -0.1) is 0 Å². The second-order valence-corrected chi connectivity index (χ2v) is 8.20. The number of aromatic nitrogens is 1. The van der Waals surface area contributed by atoms with Gasteiger partial charge in [0.15, 0.2) is 0 Å². The fraction of sp³-hybridized carbons (Fsp3) is 0.136. The van der Waals surface area contributed by atoms with E-state index in [1.54, 1.807) is 16.2 Å². The number of nitrogens with zero attached hydrogens (tertiary/aromatic N) is 3. The molecule has 0 atom stereocenters. The maximum Gasteiger partial charge on any atom is 0.385 e. The number of amidine groups is 1. The number of rotatable bonds is 5. The van der Waals surface area contributed by atoms with E-state index in [1.165, 1.54) is 11.8 Å². The van der Waals surface area contributed by atoms with E-state index in [-0.39, 0.29) is 22.9 Å². The van der Waals surface area contributed by atoms with Crippen LogP contribution < -0.4 is 26.4 Å². The van der Waals surface area contributed by atoms with Crippen LogP contribution in [-0.4, -0.2) is 16.8 Å². The number of hydrogen-bond donors (Lipinski definition) is 0. The number of hydrogen-bond acceptors (Lipinski definition) is 4. The molecule has 0 spiro atoms. The molecular formula is C22H20BrN3OS2. The lowest BCUT2D eigenvalue weighted by molar-refractivity contribution is -0.658. The average Bonchev–Trinajstić information content (AvgIpc) is 3.28. The Kier molecular flexibility index (Phi) is 7.05. The number of thiazole rings is 1. The summed E-state index contributed by atoms with van der Waals surface area (Å²) in [5, 5.41) is 3.68. The Morgan fingerprint density at radius 1 is 1.17 bits per heavy atom. The Hall–Kier alpha value is -2.22. The molecule has 0 radical (unpaired) electrons. The van der Waals surface area contributed by atoms with Crippen molar-refractivity contribution in [2.75, 3.05) is 10.7 Å². The van der Waals surface area contributed by atoms with E-state index in [0.717, 1.165) is 27.6 Å². The van der Waals surface area contributed by atoms with Crippen LogP contribution in [0.5, 0.6) is 0 Å². The third-order valence-corrected chi connectivity index (χ3v) is 6.21. The number of benzene rings is 2. The number of allylic oxidation sites excluding steroid dienone is 1. The van der Waals surface area contributed by atoms with E-state index in [4.69, 9.17) is 4.99 Å². The Bertz CT molecular complexity index is 1050. The summed E-state index contributed by atoms with van der Waals surface area (Å²) in [7, 11) is 0. The molecule has 1 fully saturated rings. The third kappa shape index (κ3) is 4.52. The van der Waals surface area contributed by atoms with Crippen LogP contribution >= 0.6 is 23.1 Å². The lowest BCUT2D eigenvalue weighted by atomic mass is 10.2. The molecule has 29 heavy (non-hydrogen) atoms. The molecule has 1 aliphatic heterocycles. The molecule has 2 heterocycles. The Balaban J connectivity index is 0.00000240. The van der Waals surface area contributed by atoms with Crippen molar-refractivity contribution >= 4 is 45.0 Å². The molecule has 1 saturated heterocycles. The van der Waals surface area contributed by atoms with Crippen LogP contribution in [0.15, 0.2) is 77.6 Å². The highest BCUT2D eigenvalue weighted by atomic mass is 79.9. The van der Waals surface area contributed by atoms with E-state index in [9.17, 15) is 4.79 Å². The maximum absolute atomic E-state index is 12.5. The Morgan fingerprint density at radius 3 is 2.59 bits per heavy atom. The van der Waals surface area contributed by atoms with Crippen molar-refractivity contribution in [3.05, 3.63) is 78.2 Å². The molecule has 1 aromatic heterocycles. The average molecular weight is 486 g/mol. The summed E-state index contributed by atoms with van der Waals surface area (Å²) in [4.78, 5) is 19.1. The zero-order chi connectivity index (χ0) is 19.5. The van der Waals surface area contributed by atoms with Crippen molar-refractivity contribution in [3.8, 4) is 11.3 Å². The van der Waals surface area contributed by atoms with Gasteiger partial charge in [-0.1, -0.05) is 72.0 Å². The van der Waals surface area contributed by atoms with Crippen LogP contribution in [0.2, 0.25) is 0 Å². The number of thioether (sulfide) groups is 1. The van der Waals surface area contributed by atoms with Crippen molar-refractivity contribution < 1.29 is 26.3 Å². The van der Waals surface area contributed by atoms with Crippen LogP contribution in [0.1, 0.15) is 5.56 Å². The SMILES string of the molecule is C=CC[n+]1c(-c2ccccc2)csc1/N=C1\SCC(=O)N1c1ccc(C)cc1.[Br-]. The van der Waals surface area contributed by atoms with Crippen molar-refractivity contribution in [2.45, 2.75) is 13.5 Å². The predicted molar refractivity (Wildman–Crippen MR) is 118 cm³/mol. The first-order chi connectivity index (χ1) is 13.7. The highest BCUT2D eigenvalue weighted by Gasteiger charge is 2.34. The molecule has 4 rings (SSSR count). The second kappa shape index (κ2) is 9.52. The zero-order valence-corrected chi connectivity index (χ0v) is 19.1. The molecular weight excluding hydrogens is 466 g/mol. The maximum atomic E-state index is 12.5. The molecule has 0 unspecified atom stereocenters. The Morgan fingerprint density at radius 2 is 1.90 bits per heavy atom. The van der Waals surface area contributed by atoms with Gasteiger partial charge in [-0.3, -0.25) is 4.79 Å².